The van der Waals surface area contributed by atoms with Crippen LogP contribution in [0.25, 0.3) is 0 Å². The molecule has 3 rings (SSSR count). The van der Waals surface area contributed by atoms with Gasteiger partial charge < -0.3 is 4.74 Å². The van der Waals surface area contributed by atoms with E-state index < -0.39 is 0 Å². The number of nitro groups is 1. The molecule has 4 heteroatoms. The molecule has 2 aliphatic rings. The third kappa shape index (κ3) is 2.61. The minimum Gasteiger partial charge on any atom is -0.388 e. The second kappa shape index (κ2) is 5.37. The minimum atomic E-state index is -0.328. The molecule has 20 heavy (non-hydrogen) atoms. The Kier molecular flexibility index (Phi) is 3.95. The van der Waals surface area contributed by atoms with Crippen LogP contribution in [-0.2, 0) is 10.2 Å². The van der Waals surface area contributed by atoms with E-state index in [1.165, 1.54) is 12.8 Å². The van der Waals surface area contributed by atoms with E-state index >= 15 is 0 Å². The molecule has 0 heterocycles. The van der Waals surface area contributed by atoms with Crippen molar-refractivity contribution in [3.05, 3.63) is 52.6 Å². The highest BCUT2D eigenvalue weighted by Crippen LogP contribution is 2.69. The molecule has 0 N–H and O–H groups in total. The van der Waals surface area contributed by atoms with Gasteiger partial charge in [0.05, 0.1) is 4.92 Å². The summed E-state index contributed by atoms with van der Waals surface area (Å²) in [7, 11) is 3.25. The summed E-state index contributed by atoms with van der Waals surface area (Å²) in [5, 5.41) is 10.8. The maximum absolute atomic E-state index is 10.8. The van der Waals surface area contributed by atoms with Crippen molar-refractivity contribution in [1.29, 1.82) is 0 Å². The summed E-state index contributed by atoms with van der Waals surface area (Å²) in [5.41, 5.74) is 1.78. The molecule has 108 valence electrons. The SMILES string of the molecule is C=CC1(c2cccc([N+](=O)[O-])c2)CC2(CC2)C1.COC. The van der Waals surface area contributed by atoms with Crippen LogP contribution in [0.1, 0.15) is 31.2 Å². The molecule has 2 saturated carbocycles. The number of benzene rings is 1. The first-order chi connectivity index (χ1) is 9.51. The molecule has 1 spiro atoms. The second-order valence-corrected chi connectivity index (χ2v) is 5.93. The molecule has 2 aliphatic carbocycles. The smallest absolute Gasteiger partial charge is 0.269 e. The van der Waals surface area contributed by atoms with Crippen LogP contribution >= 0.6 is 0 Å². The molecular formula is C16H21NO3. The fourth-order valence-corrected chi connectivity index (χ4v) is 3.21. The molecule has 1 aromatic carbocycles. The van der Waals surface area contributed by atoms with Gasteiger partial charge in [0.2, 0.25) is 0 Å². The predicted molar refractivity (Wildman–Crippen MR) is 78.8 cm³/mol. The topological polar surface area (TPSA) is 52.4 Å². The highest BCUT2D eigenvalue weighted by Gasteiger charge is 2.60. The van der Waals surface area contributed by atoms with Gasteiger partial charge in [0.15, 0.2) is 0 Å². The fraction of sp³-hybridized carbons (Fsp3) is 0.500. The number of rotatable bonds is 3. The molecule has 0 aliphatic heterocycles. The molecule has 1 aromatic rings. The van der Waals surface area contributed by atoms with Gasteiger partial charge in [-0.3, -0.25) is 10.1 Å². The maximum atomic E-state index is 10.8. The molecule has 0 radical (unpaired) electrons. The molecule has 0 aromatic heterocycles. The number of non-ortho nitro benzene ring substituents is 1. The van der Waals surface area contributed by atoms with Crippen LogP contribution < -0.4 is 0 Å². The highest BCUT2D eigenvalue weighted by atomic mass is 16.6. The molecule has 0 bridgehead atoms. The van der Waals surface area contributed by atoms with Crippen molar-refractivity contribution < 1.29 is 9.66 Å². The largest absolute Gasteiger partial charge is 0.388 e. The van der Waals surface area contributed by atoms with Crippen LogP contribution in [-0.4, -0.2) is 19.1 Å². The predicted octanol–water partition coefficient (Wildman–Crippen LogP) is 3.86. The van der Waals surface area contributed by atoms with Crippen LogP contribution in [0.4, 0.5) is 5.69 Å². The van der Waals surface area contributed by atoms with Gasteiger partial charge in [-0.15, -0.1) is 6.58 Å². The zero-order valence-electron chi connectivity index (χ0n) is 12.1. The second-order valence-electron chi connectivity index (χ2n) is 5.93. The summed E-state index contributed by atoms with van der Waals surface area (Å²) < 4.78 is 4.25. The van der Waals surface area contributed by atoms with Crippen LogP contribution in [0.5, 0.6) is 0 Å². The Morgan fingerprint density at radius 2 is 1.95 bits per heavy atom. The quantitative estimate of drug-likeness (QED) is 0.478. The van der Waals surface area contributed by atoms with Crippen molar-refractivity contribution in [3.8, 4) is 0 Å². The van der Waals surface area contributed by atoms with Crippen LogP contribution in [0.3, 0.4) is 0 Å². The maximum Gasteiger partial charge on any atom is 0.269 e. The van der Waals surface area contributed by atoms with E-state index in [9.17, 15) is 10.1 Å². The molecule has 4 nitrogen and oxygen atoms in total. The lowest BCUT2D eigenvalue weighted by atomic mass is 9.56. The van der Waals surface area contributed by atoms with Crippen molar-refractivity contribution >= 4 is 5.69 Å². The first kappa shape index (κ1) is 14.7. The third-order valence-electron chi connectivity index (χ3n) is 4.36. The average molecular weight is 275 g/mol. The third-order valence-corrected chi connectivity index (χ3v) is 4.36. The van der Waals surface area contributed by atoms with Gasteiger partial charge in [-0.1, -0.05) is 18.2 Å². The van der Waals surface area contributed by atoms with Crippen molar-refractivity contribution in [3.63, 3.8) is 0 Å². The van der Waals surface area contributed by atoms with E-state index in [0.717, 1.165) is 18.4 Å². The lowest BCUT2D eigenvalue weighted by Gasteiger charge is -2.47. The Bertz CT molecular complexity index is 512. The summed E-state index contributed by atoms with van der Waals surface area (Å²) in [6, 6.07) is 7.02. The van der Waals surface area contributed by atoms with Crippen molar-refractivity contribution in [2.75, 3.05) is 14.2 Å². The van der Waals surface area contributed by atoms with Gasteiger partial charge in [-0.2, -0.15) is 0 Å². The van der Waals surface area contributed by atoms with Gasteiger partial charge in [0.25, 0.3) is 5.69 Å². The standard InChI is InChI=1S/C14H15NO2.C2H6O/c1-2-14(9-13(10-14)6-7-13)11-4-3-5-12(8-11)15(16)17;1-3-2/h2-5,8H,1,6-7,9-10H2;1-2H3. The van der Waals surface area contributed by atoms with E-state index in [2.05, 4.69) is 11.3 Å². The van der Waals surface area contributed by atoms with Crippen molar-refractivity contribution in [1.82, 2.24) is 0 Å². The lowest BCUT2D eigenvalue weighted by molar-refractivity contribution is -0.385. The van der Waals surface area contributed by atoms with Crippen LogP contribution in [0.2, 0.25) is 0 Å². The van der Waals surface area contributed by atoms with Crippen molar-refractivity contribution in [2.45, 2.75) is 31.1 Å². The number of allylic oxidation sites excluding steroid dienone is 1. The van der Waals surface area contributed by atoms with Gasteiger partial charge in [0, 0.05) is 31.8 Å². The Hall–Kier alpha value is -1.68. The van der Waals surface area contributed by atoms with E-state index in [0.29, 0.717) is 5.41 Å². The number of hydrogen-bond acceptors (Lipinski definition) is 3. The molecule has 0 saturated heterocycles. The number of hydrogen-bond donors (Lipinski definition) is 0. The normalized spacial score (nSPS) is 20.3. The lowest BCUT2D eigenvalue weighted by Crippen LogP contribution is -2.40. The van der Waals surface area contributed by atoms with Gasteiger partial charge in [0.1, 0.15) is 0 Å². The minimum absolute atomic E-state index is 0.0114. The van der Waals surface area contributed by atoms with Crippen molar-refractivity contribution in [2.24, 2.45) is 5.41 Å². The van der Waals surface area contributed by atoms with Gasteiger partial charge in [-0.05, 0) is 36.7 Å². The van der Waals surface area contributed by atoms with E-state index in [1.807, 2.05) is 12.1 Å². The van der Waals surface area contributed by atoms with Crippen LogP contribution in [0.15, 0.2) is 36.9 Å². The summed E-state index contributed by atoms with van der Waals surface area (Å²) in [6.07, 6.45) is 6.85. The summed E-state index contributed by atoms with van der Waals surface area (Å²) in [5.74, 6) is 0. The Labute approximate surface area is 119 Å². The Balaban J connectivity index is 0.000000452. The van der Waals surface area contributed by atoms with E-state index in [1.54, 1.807) is 32.4 Å². The average Bonchev–Trinajstić information content (AvgIpc) is 3.18. The molecule has 2 fully saturated rings. The summed E-state index contributed by atoms with van der Waals surface area (Å²) >= 11 is 0. The summed E-state index contributed by atoms with van der Waals surface area (Å²) in [4.78, 5) is 10.5. The number of nitro benzene ring substituents is 1. The zero-order chi connectivity index (χ0) is 14.8. The molecular weight excluding hydrogens is 254 g/mol. The highest BCUT2D eigenvalue weighted by molar-refractivity contribution is 5.44. The van der Waals surface area contributed by atoms with Crippen LogP contribution in [0, 0.1) is 15.5 Å². The van der Waals surface area contributed by atoms with E-state index in [-0.39, 0.29) is 16.0 Å². The first-order valence-corrected chi connectivity index (χ1v) is 6.79. The monoisotopic (exact) mass is 275 g/mol. The molecule has 0 atom stereocenters. The fourth-order valence-electron chi connectivity index (χ4n) is 3.21. The zero-order valence-corrected chi connectivity index (χ0v) is 12.1. The first-order valence-electron chi connectivity index (χ1n) is 6.79. The number of ether oxygens (including phenoxy) is 1. The summed E-state index contributed by atoms with van der Waals surface area (Å²) in [6.45, 7) is 3.93. The van der Waals surface area contributed by atoms with Gasteiger partial charge >= 0.3 is 0 Å². The number of methoxy groups -OCH3 is 1. The molecule has 0 unspecified atom stereocenters. The molecule has 0 amide bonds. The Morgan fingerprint density at radius 3 is 2.40 bits per heavy atom. The van der Waals surface area contributed by atoms with E-state index in [4.69, 9.17) is 0 Å². The Morgan fingerprint density at radius 1 is 1.35 bits per heavy atom. The van der Waals surface area contributed by atoms with Gasteiger partial charge in [-0.25, -0.2) is 0 Å². The number of nitrogens with zero attached hydrogens (tertiary/aromatic N) is 1.